The van der Waals surface area contributed by atoms with E-state index in [-0.39, 0.29) is 0 Å². The van der Waals surface area contributed by atoms with Crippen molar-refractivity contribution in [1.29, 1.82) is 0 Å². The van der Waals surface area contributed by atoms with Gasteiger partial charge in [-0.15, -0.1) is 15.3 Å². The molecule has 1 aliphatic rings. The molecule has 22 heavy (non-hydrogen) atoms. The van der Waals surface area contributed by atoms with Gasteiger partial charge >= 0.3 is 0 Å². The maximum Gasteiger partial charge on any atom is 0.152 e. The number of hydrogen-bond acceptors (Lipinski definition) is 6. The number of hydrazone groups is 1. The number of rotatable bonds is 4. The predicted octanol–water partition coefficient (Wildman–Crippen LogP) is 2.34. The second-order valence-corrected chi connectivity index (χ2v) is 6.49. The van der Waals surface area contributed by atoms with Gasteiger partial charge in [-0.1, -0.05) is 54.9 Å². The van der Waals surface area contributed by atoms with Crippen molar-refractivity contribution in [2.45, 2.75) is 38.0 Å². The van der Waals surface area contributed by atoms with Gasteiger partial charge in [-0.2, -0.15) is 0 Å². The van der Waals surface area contributed by atoms with Crippen LogP contribution in [0.25, 0.3) is 10.6 Å². The zero-order chi connectivity index (χ0) is 15.4. The molecule has 3 rings (SSSR count). The van der Waals surface area contributed by atoms with E-state index in [9.17, 15) is 0 Å². The lowest BCUT2D eigenvalue weighted by molar-refractivity contribution is 0.440. The molecular weight excluding hydrogens is 296 g/mol. The third-order valence-corrected chi connectivity index (χ3v) is 5.14. The number of aromatic nitrogens is 2. The Morgan fingerprint density at radius 3 is 2.55 bits per heavy atom. The van der Waals surface area contributed by atoms with Crippen LogP contribution in [-0.2, 0) is 0 Å². The molecule has 0 atom stereocenters. The molecule has 1 aromatic carbocycles. The molecule has 1 fully saturated rings. The summed E-state index contributed by atoms with van der Waals surface area (Å²) in [6.07, 6.45) is 6.45. The first-order valence-corrected chi connectivity index (χ1v) is 8.32. The summed E-state index contributed by atoms with van der Waals surface area (Å²) in [5.41, 5.74) is 9.84. The van der Waals surface area contributed by atoms with Gasteiger partial charge in [-0.05, 0) is 12.8 Å². The Hall–Kier alpha value is -1.99. The minimum Gasteiger partial charge on any atom is -0.382 e. The zero-order valence-corrected chi connectivity index (χ0v) is 13.1. The van der Waals surface area contributed by atoms with E-state index in [0.717, 1.165) is 16.1 Å². The van der Waals surface area contributed by atoms with Gasteiger partial charge in [0.05, 0.1) is 0 Å². The van der Waals surface area contributed by atoms with Gasteiger partial charge in [0, 0.05) is 17.0 Å². The summed E-state index contributed by atoms with van der Waals surface area (Å²) in [6.45, 7) is 0. The summed E-state index contributed by atoms with van der Waals surface area (Å²) in [5.74, 6) is 6.08. The Labute approximate surface area is 133 Å². The second-order valence-electron chi connectivity index (χ2n) is 5.48. The summed E-state index contributed by atoms with van der Waals surface area (Å²) >= 11 is 1.70. The lowest BCUT2D eigenvalue weighted by Crippen LogP contribution is -2.22. The monoisotopic (exact) mass is 316 g/mol. The standard InChI is InChI=1S/C15H20N6S/c16-13(18-21-17)10-6-8-12(9-7-10)15-20-19-14(22-15)11-4-2-1-3-5-11/h6-9,11,21H,1-5,17H2,(H2,16,18). The van der Waals surface area contributed by atoms with E-state index in [1.54, 1.807) is 11.3 Å². The van der Waals surface area contributed by atoms with Crippen LogP contribution in [0.4, 0.5) is 0 Å². The van der Waals surface area contributed by atoms with Crippen molar-refractivity contribution in [2.24, 2.45) is 16.7 Å². The molecule has 0 amide bonds. The molecular formula is C15H20N6S. The summed E-state index contributed by atoms with van der Waals surface area (Å²) in [4.78, 5) is 0. The Bertz CT molecular complexity index is 642. The van der Waals surface area contributed by atoms with E-state index in [1.807, 2.05) is 24.3 Å². The van der Waals surface area contributed by atoms with Crippen molar-refractivity contribution in [3.63, 3.8) is 0 Å². The number of nitrogens with one attached hydrogen (secondary N) is 1. The molecule has 0 bridgehead atoms. The van der Waals surface area contributed by atoms with Crippen LogP contribution in [0, 0.1) is 0 Å². The molecule has 0 unspecified atom stereocenters. The zero-order valence-electron chi connectivity index (χ0n) is 12.3. The van der Waals surface area contributed by atoms with Gasteiger partial charge in [-0.25, -0.2) is 11.4 Å². The molecule has 0 spiro atoms. The van der Waals surface area contributed by atoms with Gasteiger partial charge in [-0.3, -0.25) is 0 Å². The van der Waals surface area contributed by atoms with Crippen molar-refractivity contribution < 1.29 is 0 Å². The number of benzene rings is 1. The molecule has 0 radical (unpaired) electrons. The molecule has 0 aliphatic heterocycles. The fourth-order valence-corrected chi connectivity index (χ4v) is 3.80. The molecule has 1 aromatic heterocycles. The molecule has 7 heteroatoms. The van der Waals surface area contributed by atoms with E-state index in [1.165, 1.54) is 37.1 Å². The number of hydrogen-bond donors (Lipinski definition) is 3. The van der Waals surface area contributed by atoms with Crippen molar-refractivity contribution in [3.05, 3.63) is 34.8 Å². The summed E-state index contributed by atoms with van der Waals surface area (Å²) in [5, 5.41) is 14.6. The van der Waals surface area contributed by atoms with Crippen LogP contribution in [-0.4, -0.2) is 16.0 Å². The number of nitrogens with two attached hydrogens (primary N) is 2. The van der Waals surface area contributed by atoms with E-state index in [0.29, 0.717) is 11.8 Å². The van der Waals surface area contributed by atoms with Crippen molar-refractivity contribution in [2.75, 3.05) is 0 Å². The third-order valence-electron chi connectivity index (χ3n) is 4.01. The number of hydrazine groups is 1. The van der Waals surface area contributed by atoms with Gasteiger partial charge in [0.25, 0.3) is 0 Å². The van der Waals surface area contributed by atoms with E-state index in [2.05, 4.69) is 20.8 Å². The van der Waals surface area contributed by atoms with Gasteiger partial charge < -0.3 is 5.73 Å². The van der Waals surface area contributed by atoms with Gasteiger partial charge in [0.1, 0.15) is 10.0 Å². The maximum absolute atomic E-state index is 5.78. The molecule has 1 aliphatic carbocycles. The van der Waals surface area contributed by atoms with E-state index >= 15 is 0 Å². The third kappa shape index (κ3) is 3.26. The first-order valence-electron chi connectivity index (χ1n) is 7.51. The fourth-order valence-electron chi connectivity index (χ4n) is 2.78. The van der Waals surface area contributed by atoms with Crippen LogP contribution < -0.4 is 17.1 Å². The van der Waals surface area contributed by atoms with Gasteiger partial charge in [0.15, 0.2) is 5.84 Å². The highest BCUT2D eigenvalue weighted by Gasteiger charge is 2.20. The fraction of sp³-hybridized carbons (Fsp3) is 0.400. The van der Waals surface area contributed by atoms with E-state index < -0.39 is 0 Å². The molecule has 116 valence electrons. The molecule has 2 aromatic rings. The highest BCUT2D eigenvalue weighted by Crippen LogP contribution is 2.36. The van der Waals surface area contributed by atoms with Crippen LogP contribution in [0.1, 0.15) is 48.6 Å². The van der Waals surface area contributed by atoms with Crippen molar-refractivity contribution in [3.8, 4) is 10.6 Å². The maximum atomic E-state index is 5.78. The quantitative estimate of drug-likeness (QED) is 0.348. The Balaban J connectivity index is 1.77. The number of amidine groups is 1. The van der Waals surface area contributed by atoms with Crippen molar-refractivity contribution in [1.82, 2.24) is 15.7 Å². The Morgan fingerprint density at radius 2 is 1.86 bits per heavy atom. The topological polar surface area (TPSA) is 102 Å². The summed E-state index contributed by atoms with van der Waals surface area (Å²) < 4.78 is 0. The largest absolute Gasteiger partial charge is 0.382 e. The Morgan fingerprint density at radius 1 is 1.14 bits per heavy atom. The molecule has 6 nitrogen and oxygen atoms in total. The molecule has 1 saturated carbocycles. The van der Waals surface area contributed by atoms with Crippen LogP contribution in [0.5, 0.6) is 0 Å². The lowest BCUT2D eigenvalue weighted by atomic mass is 9.90. The van der Waals surface area contributed by atoms with Crippen LogP contribution in [0.15, 0.2) is 29.4 Å². The van der Waals surface area contributed by atoms with Gasteiger partial charge in [0.2, 0.25) is 0 Å². The van der Waals surface area contributed by atoms with Crippen LogP contribution >= 0.6 is 11.3 Å². The average molecular weight is 316 g/mol. The van der Waals surface area contributed by atoms with Crippen molar-refractivity contribution >= 4 is 17.2 Å². The second kappa shape index (κ2) is 6.85. The minimum atomic E-state index is 0.356. The first kappa shape index (κ1) is 14.9. The lowest BCUT2D eigenvalue weighted by Gasteiger charge is -2.18. The SMILES string of the molecule is NN/N=C(\N)c1ccc(-c2nnc(C3CCCCC3)s2)cc1. The summed E-state index contributed by atoms with van der Waals surface area (Å²) in [7, 11) is 0. The Kier molecular flexibility index (Phi) is 4.65. The number of nitrogens with zero attached hydrogens (tertiary/aromatic N) is 3. The highest BCUT2D eigenvalue weighted by atomic mass is 32.1. The minimum absolute atomic E-state index is 0.356. The highest BCUT2D eigenvalue weighted by molar-refractivity contribution is 7.14. The normalized spacial score (nSPS) is 16.7. The molecule has 0 saturated heterocycles. The molecule has 1 heterocycles. The van der Waals surface area contributed by atoms with Crippen LogP contribution in [0.3, 0.4) is 0 Å². The predicted molar refractivity (Wildman–Crippen MR) is 89.2 cm³/mol. The average Bonchev–Trinajstić information content (AvgIpc) is 3.06. The van der Waals surface area contributed by atoms with E-state index in [4.69, 9.17) is 11.6 Å². The first-order chi connectivity index (χ1) is 10.8. The summed E-state index contributed by atoms with van der Waals surface area (Å²) in [6, 6.07) is 7.79. The van der Waals surface area contributed by atoms with Crippen LogP contribution in [0.2, 0.25) is 0 Å². The molecule has 5 N–H and O–H groups in total. The smallest absolute Gasteiger partial charge is 0.152 e.